The Hall–Kier alpha value is -4.38. The number of aryl methyl sites for hydroxylation is 1. The van der Waals surface area contributed by atoms with Crippen molar-refractivity contribution in [2.24, 2.45) is 5.16 Å². The molecule has 0 saturated carbocycles. The predicted molar refractivity (Wildman–Crippen MR) is 143 cm³/mol. The number of fused-ring (bicyclic) bond motifs is 3. The molecule has 1 aliphatic heterocycles. The van der Waals surface area contributed by atoms with Crippen molar-refractivity contribution in [3.05, 3.63) is 58.7 Å². The van der Waals surface area contributed by atoms with Gasteiger partial charge in [0.25, 0.3) is 0 Å². The van der Waals surface area contributed by atoms with Gasteiger partial charge in [0.05, 0.1) is 16.9 Å². The maximum atomic E-state index is 10.3. The Morgan fingerprint density at radius 2 is 2.05 bits per heavy atom. The summed E-state index contributed by atoms with van der Waals surface area (Å²) in [6.45, 7) is 4.46. The highest BCUT2D eigenvalue weighted by molar-refractivity contribution is 7.19. The normalized spacial score (nSPS) is 14.7. The van der Waals surface area contributed by atoms with Gasteiger partial charge in [0, 0.05) is 27.4 Å². The van der Waals surface area contributed by atoms with E-state index in [-0.39, 0.29) is 0 Å². The van der Waals surface area contributed by atoms with Gasteiger partial charge >= 0.3 is 5.97 Å². The quantitative estimate of drug-likeness (QED) is 0.249. The smallest absolute Gasteiger partial charge is 0.344 e. The van der Waals surface area contributed by atoms with Gasteiger partial charge in [0.2, 0.25) is 13.0 Å². The molecular weight excluding hydrogens is 496 g/mol. The number of carbonyl (C=O) groups excluding carboxylic acids is 1. The van der Waals surface area contributed by atoms with Crippen LogP contribution in [0.15, 0.2) is 58.9 Å². The van der Waals surface area contributed by atoms with Crippen molar-refractivity contribution in [2.45, 2.75) is 20.3 Å². The van der Waals surface area contributed by atoms with Gasteiger partial charge in [-0.2, -0.15) is 0 Å². The van der Waals surface area contributed by atoms with Crippen LogP contribution in [0.2, 0.25) is 0 Å². The molecule has 1 aliphatic carbocycles. The summed E-state index contributed by atoms with van der Waals surface area (Å²) in [6, 6.07) is 5.99. The number of anilines is 1. The number of allylic oxidation sites excluding steroid dienone is 5. The summed E-state index contributed by atoms with van der Waals surface area (Å²) in [5.41, 5.74) is 10.0. The average Bonchev–Trinajstić information content (AvgIpc) is 3.02. The van der Waals surface area contributed by atoms with E-state index in [2.05, 4.69) is 26.4 Å². The van der Waals surface area contributed by atoms with Gasteiger partial charge < -0.3 is 30.5 Å². The second kappa shape index (κ2) is 11.6. The van der Waals surface area contributed by atoms with Crippen LogP contribution in [-0.2, 0) is 14.4 Å². The SMILES string of the molecule is C/C(=N\OCC(=O)O)C1=CC=CC(NC=O)=CC1.Cc1sc2nc3cc4c(cc3cc2c1N)OCCO4. The molecule has 3 aromatic rings. The summed E-state index contributed by atoms with van der Waals surface area (Å²) < 4.78 is 11.2. The Morgan fingerprint density at radius 1 is 1.30 bits per heavy atom. The number of thiophene rings is 1. The fourth-order valence-corrected chi connectivity index (χ4v) is 4.60. The van der Waals surface area contributed by atoms with E-state index in [4.69, 9.17) is 20.3 Å². The lowest BCUT2D eigenvalue weighted by Crippen LogP contribution is -2.15. The topological polar surface area (TPSA) is 145 Å². The number of oxime groups is 1. The Bertz CT molecular complexity index is 1470. The number of nitrogens with zero attached hydrogens (tertiary/aromatic N) is 2. The first kappa shape index (κ1) is 25.7. The first-order chi connectivity index (χ1) is 17.9. The molecule has 0 radical (unpaired) electrons. The second-order valence-corrected chi connectivity index (χ2v) is 9.33. The lowest BCUT2D eigenvalue weighted by molar-refractivity contribution is -0.142. The number of hydrogen-bond donors (Lipinski definition) is 3. The number of amides is 1. The van der Waals surface area contributed by atoms with E-state index >= 15 is 0 Å². The van der Waals surface area contributed by atoms with E-state index in [0.717, 1.165) is 48.8 Å². The van der Waals surface area contributed by atoms with Gasteiger partial charge in [0.1, 0.15) is 18.0 Å². The highest BCUT2D eigenvalue weighted by Crippen LogP contribution is 2.38. The molecule has 0 saturated heterocycles. The first-order valence-electron chi connectivity index (χ1n) is 11.4. The summed E-state index contributed by atoms with van der Waals surface area (Å²) in [5.74, 6) is 0.482. The summed E-state index contributed by atoms with van der Waals surface area (Å²) in [7, 11) is 0. The van der Waals surface area contributed by atoms with Crippen LogP contribution in [0.1, 0.15) is 18.2 Å². The van der Waals surface area contributed by atoms with Crippen LogP contribution in [0.5, 0.6) is 11.5 Å². The number of nitrogens with one attached hydrogen (secondary N) is 1. The van der Waals surface area contributed by atoms with E-state index < -0.39 is 12.6 Å². The van der Waals surface area contributed by atoms with E-state index in [0.29, 0.717) is 37.5 Å². The van der Waals surface area contributed by atoms with Gasteiger partial charge in [-0.05, 0) is 44.1 Å². The number of nitrogen functional groups attached to an aromatic ring is 1. The van der Waals surface area contributed by atoms with Crippen molar-refractivity contribution in [3.8, 4) is 11.5 Å². The minimum Gasteiger partial charge on any atom is -0.486 e. The Morgan fingerprint density at radius 3 is 2.78 bits per heavy atom. The van der Waals surface area contributed by atoms with Crippen molar-refractivity contribution in [3.63, 3.8) is 0 Å². The standard InChI is InChI=1S/C14H12N2O2S.C12H14N2O4/c1-7-13(15)9-4-8-5-11-12(18-3-2-17-11)6-10(8)16-14(9)19-7;1-9(14-18-7-12(16)17)10-3-2-4-11(6-5-10)13-8-15/h4-6H,2-3,15H2,1H3;2-4,6,8H,5,7H2,1H3,(H,13,15)(H,16,17)/b;14-9+. The van der Waals surface area contributed by atoms with Crippen molar-refractivity contribution in [2.75, 3.05) is 25.6 Å². The second-order valence-electron chi connectivity index (χ2n) is 8.12. The van der Waals surface area contributed by atoms with Gasteiger partial charge in [-0.15, -0.1) is 11.3 Å². The van der Waals surface area contributed by atoms with Crippen LogP contribution in [0.25, 0.3) is 21.1 Å². The summed E-state index contributed by atoms with van der Waals surface area (Å²) in [5, 5.41) is 16.7. The predicted octanol–water partition coefficient (Wildman–Crippen LogP) is 4.09. The maximum absolute atomic E-state index is 10.3. The molecule has 0 atom stereocenters. The van der Waals surface area contributed by atoms with E-state index in [1.165, 1.54) is 0 Å². The van der Waals surface area contributed by atoms with Crippen LogP contribution in [0, 0.1) is 6.92 Å². The number of benzene rings is 1. The molecule has 0 unspecified atom stereocenters. The van der Waals surface area contributed by atoms with Crippen molar-refractivity contribution in [1.29, 1.82) is 0 Å². The molecule has 2 aliphatic rings. The zero-order valence-electron chi connectivity index (χ0n) is 20.3. The number of carbonyl (C=O) groups is 2. The molecule has 0 bridgehead atoms. The lowest BCUT2D eigenvalue weighted by Gasteiger charge is -2.18. The molecule has 3 heterocycles. The van der Waals surface area contributed by atoms with Crippen LogP contribution in [0.3, 0.4) is 0 Å². The number of aromatic nitrogens is 1. The lowest BCUT2D eigenvalue weighted by atomic mass is 10.1. The van der Waals surface area contributed by atoms with Crippen LogP contribution in [-0.4, -0.2) is 48.0 Å². The number of pyridine rings is 1. The van der Waals surface area contributed by atoms with Crippen LogP contribution < -0.4 is 20.5 Å². The van der Waals surface area contributed by atoms with Crippen LogP contribution >= 0.6 is 11.3 Å². The number of nitrogens with two attached hydrogens (primary N) is 1. The fourth-order valence-electron chi connectivity index (χ4n) is 3.66. The van der Waals surface area contributed by atoms with Gasteiger partial charge in [0.15, 0.2) is 11.5 Å². The van der Waals surface area contributed by atoms with Crippen LogP contribution in [0.4, 0.5) is 5.69 Å². The number of rotatable bonds is 6. The molecule has 10 nitrogen and oxygen atoms in total. The first-order valence-corrected chi connectivity index (χ1v) is 12.2. The Labute approximate surface area is 216 Å². The molecule has 5 rings (SSSR count). The highest BCUT2D eigenvalue weighted by Gasteiger charge is 2.15. The zero-order chi connectivity index (χ0) is 26.4. The molecular formula is C26H26N4O6S. The van der Waals surface area contributed by atoms with Gasteiger partial charge in [-0.3, -0.25) is 4.79 Å². The third kappa shape index (κ3) is 6.25. The molecule has 37 heavy (non-hydrogen) atoms. The van der Waals surface area contributed by atoms with E-state index in [1.807, 2.05) is 31.2 Å². The van der Waals surface area contributed by atoms with Gasteiger partial charge in [-0.25, -0.2) is 9.78 Å². The maximum Gasteiger partial charge on any atom is 0.344 e. The molecule has 192 valence electrons. The molecule has 1 amide bonds. The van der Waals surface area contributed by atoms with E-state index in [9.17, 15) is 9.59 Å². The number of hydrogen-bond acceptors (Lipinski definition) is 9. The molecule has 1 aromatic carbocycles. The Kier molecular flexibility index (Phi) is 8.04. The van der Waals surface area contributed by atoms with E-state index in [1.54, 1.807) is 30.4 Å². The minimum atomic E-state index is -1.07. The zero-order valence-corrected chi connectivity index (χ0v) is 21.1. The van der Waals surface area contributed by atoms with Crippen molar-refractivity contribution >= 4 is 56.2 Å². The van der Waals surface area contributed by atoms with Crippen molar-refractivity contribution in [1.82, 2.24) is 10.3 Å². The Balaban J connectivity index is 0.000000174. The minimum absolute atomic E-state index is 0.464. The largest absolute Gasteiger partial charge is 0.486 e. The molecule has 11 heteroatoms. The monoisotopic (exact) mass is 522 g/mol. The molecule has 0 spiro atoms. The summed E-state index contributed by atoms with van der Waals surface area (Å²) in [4.78, 5) is 32.0. The third-order valence-corrected chi connectivity index (χ3v) is 6.59. The number of ether oxygens (including phenoxy) is 2. The molecule has 2 aromatic heterocycles. The third-order valence-electron chi connectivity index (χ3n) is 5.56. The van der Waals surface area contributed by atoms with Gasteiger partial charge in [-0.1, -0.05) is 23.4 Å². The fraction of sp³-hybridized carbons (Fsp3) is 0.231. The number of aliphatic carboxylic acids is 1. The number of carboxylic acid groups (broad SMARTS) is 1. The van der Waals surface area contributed by atoms with Crippen molar-refractivity contribution < 1.29 is 29.0 Å². The summed E-state index contributed by atoms with van der Waals surface area (Å²) in [6.07, 6.45) is 8.39. The molecule has 4 N–H and O–H groups in total. The molecule has 0 fully saturated rings. The highest BCUT2D eigenvalue weighted by atomic mass is 32.1. The summed E-state index contributed by atoms with van der Waals surface area (Å²) >= 11 is 1.62. The number of carboxylic acids is 1. The average molecular weight is 523 g/mol.